The van der Waals surface area contributed by atoms with Gasteiger partial charge in [0.2, 0.25) is 5.91 Å². The van der Waals surface area contributed by atoms with E-state index in [1.54, 1.807) is 17.4 Å². The molecule has 0 aliphatic heterocycles. The highest BCUT2D eigenvalue weighted by Crippen LogP contribution is 2.29. The van der Waals surface area contributed by atoms with Crippen LogP contribution in [-0.2, 0) is 30.5 Å². The van der Waals surface area contributed by atoms with Crippen molar-refractivity contribution in [2.24, 2.45) is 0 Å². The van der Waals surface area contributed by atoms with E-state index >= 15 is 0 Å². The first kappa shape index (κ1) is 20.1. The van der Waals surface area contributed by atoms with E-state index in [0.717, 1.165) is 30.0 Å². The van der Waals surface area contributed by atoms with Gasteiger partial charge in [0.1, 0.15) is 0 Å². The molecular weight excluding hydrogens is 387 g/mol. The maximum atomic E-state index is 12.8. The molecule has 0 aliphatic rings. The lowest BCUT2D eigenvalue weighted by Crippen LogP contribution is -2.33. The Bertz CT molecular complexity index is 859. The Morgan fingerprint density at radius 1 is 1.18 bits per heavy atom. The van der Waals surface area contributed by atoms with Crippen LogP contribution < -0.4 is 0 Å². The van der Waals surface area contributed by atoms with Gasteiger partial charge in [-0.1, -0.05) is 18.2 Å². The van der Waals surface area contributed by atoms with Crippen LogP contribution in [0.25, 0.3) is 0 Å². The monoisotopic (exact) mass is 407 g/mol. The van der Waals surface area contributed by atoms with Gasteiger partial charge in [-0.25, -0.2) is 4.98 Å². The highest BCUT2D eigenvalue weighted by molar-refractivity contribution is 7.10. The van der Waals surface area contributed by atoms with Crippen LogP contribution in [-0.4, -0.2) is 26.9 Å². The van der Waals surface area contributed by atoms with Crippen LogP contribution in [0.3, 0.4) is 0 Å². The summed E-state index contributed by atoms with van der Waals surface area (Å²) in [4.78, 5) is 19.4. The van der Waals surface area contributed by atoms with Gasteiger partial charge in [-0.3, -0.25) is 4.79 Å². The van der Waals surface area contributed by atoms with Crippen LogP contribution in [0.5, 0.6) is 0 Å². The Balaban J connectivity index is 1.66. The molecule has 0 aliphatic carbocycles. The summed E-state index contributed by atoms with van der Waals surface area (Å²) in [5.41, 5.74) is -0.0111. The third-order valence-electron chi connectivity index (χ3n) is 4.32. The molecule has 2 heterocycles. The largest absolute Gasteiger partial charge is 0.416 e. The summed E-state index contributed by atoms with van der Waals surface area (Å²) < 4.78 is 40.2. The molecule has 1 amide bonds. The quantitative estimate of drug-likeness (QED) is 0.546. The number of imidazole rings is 1. The fraction of sp³-hybridized carbons (Fsp3) is 0.300. The van der Waals surface area contributed by atoms with Crippen LogP contribution in [0.15, 0.2) is 60.5 Å². The second-order valence-corrected chi connectivity index (χ2v) is 7.45. The smallest absolute Gasteiger partial charge is 0.338 e. The number of nitrogens with zero attached hydrogens (tertiary/aromatic N) is 3. The maximum Gasteiger partial charge on any atom is 0.416 e. The zero-order valence-electron chi connectivity index (χ0n) is 15.1. The zero-order chi connectivity index (χ0) is 20.0. The lowest BCUT2D eigenvalue weighted by atomic mass is 10.1. The topological polar surface area (TPSA) is 38.1 Å². The number of benzene rings is 1. The second-order valence-electron chi connectivity index (χ2n) is 6.42. The highest BCUT2D eigenvalue weighted by atomic mass is 32.1. The molecule has 148 valence electrons. The zero-order valence-corrected chi connectivity index (χ0v) is 15.9. The first-order valence-electron chi connectivity index (χ1n) is 8.84. The molecule has 0 saturated heterocycles. The molecule has 0 bridgehead atoms. The van der Waals surface area contributed by atoms with Crippen molar-refractivity contribution in [3.8, 4) is 0 Å². The van der Waals surface area contributed by atoms with Gasteiger partial charge in [-0.05, 0) is 35.6 Å². The lowest BCUT2D eigenvalue weighted by Gasteiger charge is -2.23. The van der Waals surface area contributed by atoms with Gasteiger partial charge in [-0.15, -0.1) is 11.3 Å². The summed E-state index contributed by atoms with van der Waals surface area (Å²) in [7, 11) is 0. The van der Waals surface area contributed by atoms with Crippen LogP contribution in [0.4, 0.5) is 13.2 Å². The summed E-state index contributed by atoms with van der Waals surface area (Å²) in [6.45, 7) is 1.52. The predicted octanol–water partition coefficient (Wildman–Crippen LogP) is 4.63. The summed E-state index contributed by atoms with van der Waals surface area (Å²) in [5, 5.41) is 1.92. The van der Waals surface area contributed by atoms with Crippen molar-refractivity contribution in [2.75, 3.05) is 6.54 Å². The Kier molecular flexibility index (Phi) is 6.51. The molecule has 0 unspecified atom stereocenters. The molecule has 28 heavy (non-hydrogen) atoms. The van der Waals surface area contributed by atoms with Crippen molar-refractivity contribution < 1.29 is 18.0 Å². The number of carbonyl (C=O) groups is 1. The number of amides is 1. The highest BCUT2D eigenvalue weighted by Gasteiger charge is 2.30. The molecule has 0 radical (unpaired) electrons. The molecule has 0 spiro atoms. The molecule has 2 aromatic heterocycles. The Morgan fingerprint density at radius 2 is 1.96 bits per heavy atom. The minimum absolute atomic E-state index is 0.0343. The van der Waals surface area contributed by atoms with Crippen molar-refractivity contribution in [1.82, 2.24) is 14.5 Å². The van der Waals surface area contributed by atoms with Gasteiger partial charge in [-0.2, -0.15) is 13.2 Å². The third-order valence-corrected chi connectivity index (χ3v) is 5.19. The van der Waals surface area contributed by atoms with Gasteiger partial charge < -0.3 is 9.47 Å². The third kappa shape index (κ3) is 5.69. The van der Waals surface area contributed by atoms with Gasteiger partial charge >= 0.3 is 6.18 Å². The minimum Gasteiger partial charge on any atom is -0.338 e. The maximum absolute atomic E-state index is 12.8. The number of alkyl halides is 3. The number of hydrogen-bond donors (Lipinski definition) is 0. The molecule has 3 rings (SSSR count). The lowest BCUT2D eigenvalue weighted by molar-refractivity contribution is -0.137. The summed E-state index contributed by atoms with van der Waals surface area (Å²) in [5.74, 6) is -0.0343. The molecule has 8 heteroatoms. The van der Waals surface area contributed by atoms with Crippen molar-refractivity contribution >= 4 is 17.2 Å². The molecule has 4 nitrogen and oxygen atoms in total. The average Bonchev–Trinajstić information content (AvgIpc) is 3.34. The van der Waals surface area contributed by atoms with Crippen LogP contribution in [0.1, 0.15) is 22.4 Å². The second kappa shape index (κ2) is 9.05. The Morgan fingerprint density at radius 3 is 2.57 bits per heavy atom. The van der Waals surface area contributed by atoms with Crippen molar-refractivity contribution in [2.45, 2.75) is 32.1 Å². The van der Waals surface area contributed by atoms with E-state index in [9.17, 15) is 18.0 Å². The fourth-order valence-corrected chi connectivity index (χ4v) is 3.54. The van der Waals surface area contributed by atoms with E-state index < -0.39 is 11.7 Å². The number of rotatable bonds is 8. The number of hydrogen-bond acceptors (Lipinski definition) is 3. The van der Waals surface area contributed by atoms with Gasteiger partial charge in [0.15, 0.2) is 0 Å². The molecular formula is C20H20F3N3OS. The molecule has 0 fully saturated rings. The normalized spacial score (nSPS) is 11.5. The molecule has 0 atom stereocenters. The van der Waals surface area contributed by atoms with Crippen LogP contribution >= 0.6 is 11.3 Å². The fourth-order valence-electron chi connectivity index (χ4n) is 2.85. The van der Waals surface area contributed by atoms with E-state index in [4.69, 9.17) is 0 Å². The Labute approximate surface area is 165 Å². The number of thiophene rings is 1. The van der Waals surface area contributed by atoms with E-state index in [1.807, 2.05) is 28.3 Å². The van der Waals surface area contributed by atoms with E-state index in [2.05, 4.69) is 4.98 Å². The summed E-state index contributed by atoms with van der Waals surface area (Å²) >= 11 is 1.52. The molecule has 1 aromatic carbocycles. The first-order valence-corrected chi connectivity index (χ1v) is 9.72. The van der Waals surface area contributed by atoms with E-state index in [-0.39, 0.29) is 12.5 Å². The van der Waals surface area contributed by atoms with Crippen molar-refractivity contribution in [3.05, 3.63) is 76.5 Å². The SMILES string of the molecule is O=C(Cc1cccs1)N(CCCn1ccnc1)Cc1ccc(C(F)(F)F)cc1. The minimum atomic E-state index is -4.36. The average molecular weight is 407 g/mol. The van der Waals surface area contributed by atoms with Crippen molar-refractivity contribution in [1.29, 1.82) is 0 Å². The van der Waals surface area contributed by atoms with Crippen LogP contribution in [0.2, 0.25) is 0 Å². The Hall–Kier alpha value is -2.61. The van der Waals surface area contributed by atoms with Gasteiger partial charge in [0, 0.05) is 36.9 Å². The molecule has 0 saturated carbocycles. The van der Waals surface area contributed by atoms with Gasteiger partial charge in [0.05, 0.1) is 18.3 Å². The number of aromatic nitrogens is 2. The van der Waals surface area contributed by atoms with Gasteiger partial charge in [0.25, 0.3) is 0 Å². The van der Waals surface area contributed by atoms with E-state index in [0.29, 0.717) is 18.5 Å². The van der Waals surface area contributed by atoms with E-state index in [1.165, 1.54) is 23.5 Å². The number of carbonyl (C=O) groups excluding carboxylic acids is 1. The molecule has 3 aromatic rings. The predicted molar refractivity (Wildman–Crippen MR) is 102 cm³/mol. The summed E-state index contributed by atoms with van der Waals surface area (Å²) in [6.07, 6.45) is 1.93. The number of halogens is 3. The molecule has 0 N–H and O–H groups in total. The standard InChI is InChI=1S/C20H20F3N3OS/c21-20(22,23)17-6-4-16(5-7-17)14-26(10-2-9-25-11-8-24-15-25)19(27)13-18-3-1-12-28-18/h1,3-8,11-12,15H,2,9-10,13-14H2. The van der Waals surface area contributed by atoms with Crippen molar-refractivity contribution in [3.63, 3.8) is 0 Å². The summed E-state index contributed by atoms with van der Waals surface area (Å²) in [6, 6.07) is 8.79. The number of aryl methyl sites for hydroxylation is 1. The van der Waals surface area contributed by atoms with Crippen LogP contribution in [0, 0.1) is 0 Å². The first-order chi connectivity index (χ1) is 13.4.